The Kier molecular flexibility index (Phi) is 6.03. The molecule has 2 amide bonds. The van der Waals surface area contributed by atoms with Gasteiger partial charge in [0, 0.05) is 57.6 Å². The number of benzene rings is 1. The van der Waals surface area contributed by atoms with Gasteiger partial charge in [-0.3, -0.25) is 14.6 Å². The molecule has 0 aliphatic carbocycles. The molecule has 0 N–H and O–H groups in total. The third kappa shape index (κ3) is 4.39. The number of aromatic nitrogens is 3. The van der Waals surface area contributed by atoms with E-state index < -0.39 is 5.41 Å². The first kappa shape index (κ1) is 21.7. The second-order valence-corrected chi connectivity index (χ2v) is 8.62. The number of hydrogen-bond acceptors (Lipinski definition) is 6. The van der Waals surface area contributed by atoms with Crippen molar-refractivity contribution in [1.82, 2.24) is 24.9 Å². The van der Waals surface area contributed by atoms with Crippen LogP contribution in [0.5, 0.6) is 0 Å². The van der Waals surface area contributed by atoms with Crippen molar-refractivity contribution < 1.29 is 14.1 Å². The van der Waals surface area contributed by atoms with Crippen molar-refractivity contribution >= 4 is 11.8 Å². The molecule has 0 radical (unpaired) electrons. The van der Waals surface area contributed by atoms with E-state index in [1.54, 1.807) is 23.9 Å². The van der Waals surface area contributed by atoms with Crippen LogP contribution in [0.15, 0.2) is 53.4 Å². The Bertz CT molecular complexity index is 1090. The Balaban J connectivity index is 1.60. The first-order valence-electron chi connectivity index (χ1n) is 10.7. The van der Waals surface area contributed by atoms with Crippen LogP contribution in [0.25, 0.3) is 11.3 Å². The molecular formula is C24H27N5O3. The Morgan fingerprint density at radius 1 is 1.19 bits per heavy atom. The van der Waals surface area contributed by atoms with Crippen LogP contribution in [0.4, 0.5) is 0 Å². The molecule has 0 spiro atoms. The SMILES string of the molecule is Cc1ccc(-c2cc(C[C@]3(C(=O)N(C)C)CCCN(C(=O)c4cnccn4)C3)on2)cc1. The molecule has 0 bridgehead atoms. The second kappa shape index (κ2) is 8.90. The Morgan fingerprint density at radius 3 is 2.66 bits per heavy atom. The molecule has 32 heavy (non-hydrogen) atoms. The summed E-state index contributed by atoms with van der Waals surface area (Å²) in [5.74, 6) is 0.388. The van der Waals surface area contributed by atoms with Crippen molar-refractivity contribution in [2.75, 3.05) is 27.2 Å². The summed E-state index contributed by atoms with van der Waals surface area (Å²) in [6.07, 6.45) is 6.22. The van der Waals surface area contributed by atoms with E-state index in [0.29, 0.717) is 38.1 Å². The number of amides is 2. The van der Waals surface area contributed by atoms with Crippen LogP contribution < -0.4 is 0 Å². The third-order valence-electron chi connectivity index (χ3n) is 5.93. The molecule has 8 nitrogen and oxygen atoms in total. The van der Waals surface area contributed by atoms with Crippen molar-refractivity contribution in [3.8, 4) is 11.3 Å². The van der Waals surface area contributed by atoms with E-state index in [4.69, 9.17) is 4.52 Å². The lowest BCUT2D eigenvalue weighted by Crippen LogP contribution is -2.54. The van der Waals surface area contributed by atoms with Gasteiger partial charge in [-0.15, -0.1) is 0 Å². The summed E-state index contributed by atoms with van der Waals surface area (Å²) in [6, 6.07) is 9.94. The van der Waals surface area contributed by atoms with Gasteiger partial charge in [0.25, 0.3) is 5.91 Å². The molecule has 0 saturated carbocycles. The molecule has 2 aromatic heterocycles. The molecule has 3 aromatic rings. The molecule has 1 aliphatic rings. The summed E-state index contributed by atoms with van der Waals surface area (Å²) in [5, 5.41) is 4.22. The zero-order valence-electron chi connectivity index (χ0n) is 18.6. The van der Waals surface area contributed by atoms with E-state index in [9.17, 15) is 9.59 Å². The number of aryl methyl sites for hydroxylation is 1. The molecular weight excluding hydrogens is 406 g/mol. The van der Waals surface area contributed by atoms with Crippen LogP contribution in [-0.4, -0.2) is 63.9 Å². The number of piperidine rings is 1. The highest BCUT2D eigenvalue weighted by Crippen LogP contribution is 2.36. The van der Waals surface area contributed by atoms with E-state index >= 15 is 0 Å². The lowest BCUT2D eigenvalue weighted by molar-refractivity contribution is -0.142. The van der Waals surface area contributed by atoms with Gasteiger partial charge in [0.15, 0.2) is 0 Å². The largest absolute Gasteiger partial charge is 0.361 e. The predicted molar refractivity (Wildman–Crippen MR) is 119 cm³/mol. The number of likely N-dealkylation sites (tertiary alicyclic amines) is 1. The molecule has 1 aromatic carbocycles. The zero-order chi connectivity index (χ0) is 22.7. The highest BCUT2D eigenvalue weighted by Gasteiger charge is 2.45. The quantitative estimate of drug-likeness (QED) is 0.614. The van der Waals surface area contributed by atoms with E-state index in [-0.39, 0.29) is 17.5 Å². The molecule has 166 valence electrons. The van der Waals surface area contributed by atoms with Crippen LogP contribution in [0, 0.1) is 12.3 Å². The summed E-state index contributed by atoms with van der Waals surface area (Å²) < 4.78 is 5.64. The first-order chi connectivity index (χ1) is 15.4. The van der Waals surface area contributed by atoms with E-state index in [0.717, 1.165) is 11.3 Å². The summed E-state index contributed by atoms with van der Waals surface area (Å²) in [6.45, 7) is 2.90. The maximum absolute atomic E-state index is 13.3. The first-order valence-corrected chi connectivity index (χ1v) is 10.7. The van der Waals surface area contributed by atoms with Crippen LogP contribution in [0.1, 0.15) is 34.7 Å². The fourth-order valence-corrected chi connectivity index (χ4v) is 4.34. The van der Waals surface area contributed by atoms with Crippen molar-refractivity contribution in [2.24, 2.45) is 5.41 Å². The minimum atomic E-state index is -0.788. The average Bonchev–Trinajstić information content (AvgIpc) is 3.27. The number of hydrogen-bond donors (Lipinski definition) is 0. The average molecular weight is 434 g/mol. The molecule has 1 saturated heterocycles. The van der Waals surface area contributed by atoms with E-state index in [1.165, 1.54) is 24.2 Å². The van der Waals surface area contributed by atoms with E-state index in [1.807, 2.05) is 37.3 Å². The minimum Gasteiger partial charge on any atom is -0.361 e. The lowest BCUT2D eigenvalue weighted by atomic mass is 9.75. The highest BCUT2D eigenvalue weighted by atomic mass is 16.5. The van der Waals surface area contributed by atoms with Crippen molar-refractivity contribution in [1.29, 1.82) is 0 Å². The monoisotopic (exact) mass is 433 g/mol. The summed E-state index contributed by atoms with van der Waals surface area (Å²) in [4.78, 5) is 37.8. The molecule has 0 unspecified atom stereocenters. The topological polar surface area (TPSA) is 92.4 Å². The van der Waals surface area contributed by atoms with Gasteiger partial charge in [0.05, 0.1) is 11.6 Å². The van der Waals surface area contributed by atoms with Gasteiger partial charge >= 0.3 is 0 Å². The molecule has 1 atom stereocenters. The van der Waals surface area contributed by atoms with Gasteiger partial charge in [-0.1, -0.05) is 35.0 Å². The highest BCUT2D eigenvalue weighted by molar-refractivity contribution is 5.93. The van der Waals surface area contributed by atoms with Crippen molar-refractivity contribution in [3.63, 3.8) is 0 Å². The maximum Gasteiger partial charge on any atom is 0.274 e. The summed E-state index contributed by atoms with van der Waals surface area (Å²) in [5.41, 5.74) is 2.35. The molecule has 1 fully saturated rings. The number of rotatable bonds is 5. The lowest BCUT2D eigenvalue weighted by Gasteiger charge is -2.42. The Hall–Kier alpha value is -3.55. The van der Waals surface area contributed by atoms with Gasteiger partial charge in [-0.05, 0) is 19.8 Å². The standard InChI is InChI=1S/C24H27N5O3/c1-17-5-7-18(8-6-17)20-13-19(32-27-20)14-24(23(31)28(2)3)9-4-12-29(16-24)22(30)21-15-25-10-11-26-21/h5-8,10-11,13,15H,4,9,12,14,16H2,1-3H3/t24-/m1/s1. The van der Waals surface area contributed by atoms with Gasteiger partial charge in [-0.25, -0.2) is 4.98 Å². The van der Waals surface area contributed by atoms with Gasteiger partial charge in [0.1, 0.15) is 17.1 Å². The van der Waals surface area contributed by atoms with Crippen molar-refractivity contribution in [3.05, 3.63) is 65.9 Å². The molecule has 3 heterocycles. The second-order valence-electron chi connectivity index (χ2n) is 8.62. The number of carbonyl (C=O) groups excluding carboxylic acids is 2. The summed E-state index contributed by atoms with van der Waals surface area (Å²) >= 11 is 0. The van der Waals surface area contributed by atoms with Gasteiger partial charge in [0.2, 0.25) is 5.91 Å². The van der Waals surface area contributed by atoms with E-state index in [2.05, 4.69) is 15.1 Å². The molecule has 4 rings (SSSR count). The maximum atomic E-state index is 13.3. The fourth-order valence-electron chi connectivity index (χ4n) is 4.34. The van der Waals surface area contributed by atoms with Crippen LogP contribution >= 0.6 is 0 Å². The normalized spacial score (nSPS) is 18.4. The zero-order valence-corrected chi connectivity index (χ0v) is 18.6. The van der Waals surface area contributed by atoms with Gasteiger partial charge in [-0.2, -0.15) is 0 Å². The minimum absolute atomic E-state index is 0.0255. The number of carbonyl (C=O) groups is 2. The van der Waals surface area contributed by atoms with Crippen molar-refractivity contribution in [2.45, 2.75) is 26.2 Å². The fraction of sp³-hybridized carbons (Fsp3) is 0.375. The Labute approximate surface area is 187 Å². The summed E-state index contributed by atoms with van der Waals surface area (Å²) in [7, 11) is 3.48. The smallest absolute Gasteiger partial charge is 0.274 e. The van der Waals surface area contributed by atoms with Gasteiger partial charge < -0.3 is 14.3 Å². The Morgan fingerprint density at radius 2 is 1.97 bits per heavy atom. The van der Waals surface area contributed by atoms with Crippen LogP contribution in [0.3, 0.4) is 0 Å². The van der Waals surface area contributed by atoms with Crippen LogP contribution in [-0.2, 0) is 11.2 Å². The predicted octanol–water partition coefficient (Wildman–Crippen LogP) is 2.99. The van der Waals surface area contributed by atoms with Crippen LogP contribution in [0.2, 0.25) is 0 Å². The number of nitrogens with zero attached hydrogens (tertiary/aromatic N) is 5. The molecule has 8 heteroatoms. The third-order valence-corrected chi connectivity index (χ3v) is 5.93. The molecule has 1 aliphatic heterocycles.